The molecule has 0 aliphatic carbocycles. The smallest absolute Gasteiger partial charge is 0.269 e. The van der Waals surface area contributed by atoms with Gasteiger partial charge in [0, 0.05) is 23.4 Å². The van der Waals surface area contributed by atoms with Gasteiger partial charge in [0.25, 0.3) is 11.6 Å². The molecule has 0 bridgehead atoms. The summed E-state index contributed by atoms with van der Waals surface area (Å²) in [4.78, 5) is 22.6. The second-order valence-electron chi connectivity index (χ2n) is 5.96. The molecule has 136 valence electrons. The van der Waals surface area contributed by atoms with Crippen LogP contribution in [0.3, 0.4) is 0 Å². The summed E-state index contributed by atoms with van der Waals surface area (Å²) in [7, 11) is 0. The lowest BCUT2D eigenvalue weighted by Crippen LogP contribution is -2.20. The predicted octanol–water partition coefficient (Wildman–Crippen LogP) is 4.59. The van der Waals surface area contributed by atoms with Crippen LogP contribution < -0.4 is 10.1 Å². The third-order valence-electron chi connectivity index (χ3n) is 4.03. The Morgan fingerprint density at radius 2 is 1.74 bits per heavy atom. The van der Waals surface area contributed by atoms with Crippen LogP contribution in [0.5, 0.6) is 5.75 Å². The molecular weight excluding hydrogens is 344 g/mol. The summed E-state index contributed by atoms with van der Waals surface area (Å²) in [6.45, 7) is 1.54. The highest BCUT2D eigenvalue weighted by Gasteiger charge is 2.12. The second-order valence-corrected chi connectivity index (χ2v) is 5.96. The number of hydrogen-bond donors (Lipinski definition) is 1. The van der Waals surface area contributed by atoms with Crippen LogP contribution in [-0.2, 0) is 4.79 Å². The molecule has 0 unspecified atom stereocenters. The van der Waals surface area contributed by atoms with Crippen molar-refractivity contribution in [2.75, 3.05) is 11.9 Å². The minimum atomic E-state index is -0.470. The van der Waals surface area contributed by atoms with Crippen LogP contribution in [0.25, 0.3) is 11.1 Å². The maximum absolute atomic E-state index is 12.2. The molecule has 0 fully saturated rings. The van der Waals surface area contributed by atoms with Gasteiger partial charge in [0.1, 0.15) is 5.75 Å². The molecule has 1 amide bonds. The Kier molecular flexibility index (Phi) is 5.47. The summed E-state index contributed by atoms with van der Waals surface area (Å²) >= 11 is 0. The first kappa shape index (κ1) is 18.1. The molecule has 0 aliphatic heterocycles. The molecule has 3 aromatic rings. The molecule has 27 heavy (non-hydrogen) atoms. The molecule has 3 aromatic carbocycles. The lowest BCUT2D eigenvalue weighted by Gasteiger charge is -2.12. The van der Waals surface area contributed by atoms with Crippen LogP contribution in [-0.4, -0.2) is 17.4 Å². The molecule has 0 aromatic heterocycles. The topological polar surface area (TPSA) is 81.5 Å². The van der Waals surface area contributed by atoms with E-state index in [0.29, 0.717) is 17.0 Å². The monoisotopic (exact) mass is 362 g/mol. The zero-order valence-corrected chi connectivity index (χ0v) is 14.7. The van der Waals surface area contributed by atoms with Crippen LogP contribution in [0.2, 0.25) is 0 Å². The summed E-state index contributed by atoms with van der Waals surface area (Å²) in [5.74, 6) is 0.272. The predicted molar refractivity (Wildman–Crippen MR) is 104 cm³/mol. The van der Waals surface area contributed by atoms with E-state index in [2.05, 4.69) is 5.32 Å². The van der Waals surface area contributed by atoms with Gasteiger partial charge in [-0.2, -0.15) is 0 Å². The van der Waals surface area contributed by atoms with Gasteiger partial charge in [0.2, 0.25) is 0 Å². The van der Waals surface area contributed by atoms with Crippen molar-refractivity contribution in [1.82, 2.24) is 0 Å². The molecule has 1 N–H and O–H groups in total. The molecule has 3 rings (SSSR count). The van der Waals surface area contributed by atoms with Crippen molar-refractivity contribution in [3.05, 3.63) is 88.5 Å². The summed E-state index contributed by atoms with van der Waals surface area (Å²) in [6.07, 6.45) is 0. The zero-order valence-electron chi connectivity index (χ0n) is 14.7. The number of aryl methyl sites for hydroxylation is 1. The van der Waals surface area contributed by atoms with E-state index < -0.39 is 4.92 Å². The highest BCUT2D eigenvalue weighted by atomic mass is 16.6. The summed E-state index contributed by atoms with van der Waals surface area (Å²) in [5.41, 5.74) is 3.02. The first-order chi connectivity index (χ1) is 13.0. The van der Waals surface area contributed by atoms with Crippen molar-refractivity contribution in [2.24, 2.45) is 0 Å². The van der Waals surface area contributed by atoms with E-state index in [1.54, 1.807) is 6.92 Å². The molecule has 6 nitrogen and oxygen atoms in total. The number of amides is 1. The average Bonchev–Trinajstić information content (AvgIpc) is 2.68. The second kappa shape index (κ2) is 8.14. The molecule has 6 heteroatoms. The van der Waals surface area contributed by atoms with Gasteiger partial charge in [-0.05, 0) is 30.2 Å². The van der Waals surface area contributed by atoms with E-state index in [-0.39, 0.29) is 18.2 Å². The van der Waals surface area contributed by atoms with E-state index in [1.165, 1.54) is 18.2 Å². The van der Waals surface area contributed by atoms with Crippen LogP contribution in [0, 0.1) is 17.0 Å². The normalized spacial score (nSPS) is 10.3. The van der Waals surface area contributed by atoms with Crippen molar-refractivity contribution in [1.29, 1.82) is 0 Å². The van der Waals surface area contributed by atoms with Gasteiger partial charge in [-0.15, -0.1) is 0 Å². The number of benzene rings is 3. The molecule has 0 spiro atoms. The number of rotatable bonds is 6. The number of non-ortho nitro benzene ring substituents is 1. The Hall–Kier alpha value is -3.67. The Labute approximate surface area is 156 Å². The average molecular weight is 362 g/mol. The molecule has 0 saturated heterocycles. The van der Waals surface area contributed by atoms with Crippen molar-refractivity contribution in [3.8, 4) is 16.9 Å². The van der Waals surface area contributed by atoms with Gasteiger partial charge in [0.05, 0.1) is 4.92 Å². The van der Waals surface area contributed by atoms with Crippen molar-refractivity contribution in [2.45, 2.75) is 6.92 Å². The number of nitro benzene ring substituents is 1. The van der Waals surface area contributed by atoms with Gasteiger partial charge in [-0.1, -0.05) is 48.5 Å². The fourth-order valence-electron chi connectivity index (χ4n) is 2.68. The molecule has 0 atom stereocenters. The minimum Gasteiger partial charge on any atom is -0.483 e. The first-order valence-electron chi connectivity index (χ1n) is 8.37. The number of nitrogens with zero attached hydrogens (tertiary/aromatic N) is 1. The summed E-state index contributed by atoms with van der Waals surface area (Å²) in [5, 5.41) is 13.5. The van der Waals surface area contributed by atoms with E-state index in [1.807, 2.05) is 54.6 Å². The first-order valence-corrected chi connectivity index (χ1v) is 8.37. The quantitative estimate of drug-likeness (QED) is 0.514. The molecular formula is C21H18N2O4. The van der Waals surface area contributed by atoms with Crippen molar-refractivity contribution < 1.29 is 14.5 Å². The third-order valence-corrected chi connectivity index (χ3v) is 4.03. The maximum Gasteiger partial charge on any atom is 0.269 e. The Morgan fingerprint density at radius 3 is 2.44 bits per heavy atom. The number of hydrogen-bond acceptors (Lipinski definition) is 4. The number of nitrogens with one attached hydrogen (secondary N) is 1. The Balaban J connectivity index is 1.68. The van der Waals surface area contributed by atoms with Crippen LogP contribution in [0.15, 0.2) is 72.8 Å². The van der Waals surface area contributed by atoms with E-state index in [0.717, 1.165) is 11.1 Å². The van der Waals surface area contributed by atoms with Crippen LogP contribution in [0.1, 0.15) is 5.56 Å². The van der Waals surface area contributed by atoms with Gasteiger partial charge in [-0.3, -0.25) is 14.9 Å². The number of carbonyl (C=O) groups excluding carboxylic acids is 1. The molecule has 0 aliphatic rings. The summed E-state index contributed by atoms with van der Waals surface area (Å²) < 4.78 is 5.71. The molecule has 0 heterocycles. The third kappa shape index (κ3) is 4.49. The number of carbonyl (C=O) groups is 1. The number of ether oxygens (including phenoxy) is 1. The fourth-order valence-corrected chi connectivity index (χ4v) is 2.68. The zero-order chi connectivity index (χ0) is 19.2. The van der Waals surface area contributed by atoms with Gasteiger partial charge >= 0.3 is 0 Å². The van der Waals surface area contributed by atoms with Crippen LogP contribution >= 0.6 is 0 Å². The van der Waals surface area contributed by atoms with Gasteiger partial charge in [-0.25, -0.2) is 0 Å². The maximum atomic E-state index is 12.2. The number of anilines is 1. The SMILES string of the molecule is Cc1cc([N+](=O)[O-])ccc1NC(=O)COc1ccccc1-c1ccccc1. The molecule has 0 saturated carbocycles. The molecule has 0 radical (unpaired) electrons. The van der Waals surface area contributed by atoms with Gasteiger partial charge < -0.3 is 10.1 Å². The standard InChI is InChI=1S/C21H18N2O4/c1-15-13-17(23(25)26)11-12-19(15)22-21(24)14-27-20-10-6-5-9-18(20)16-7-3-2-4-8-16/h2-13H,14H2,1H3,(H,22,24). The van der Waals surface area contributed by atoms with E-state index in [4.69, 9.17) is 4.74 Å². The number of para-hydroxylation sites is 1. The highest BCUT2D eigenvalue weighted by molar-refractivity contribution is 5.92. The highest BCUT2D eigenvalue weighted by Crippen LogP contribution is 2.29. The largest absolute Gasteiger partial charge is 0.483 e. The van der Waals surface area contributed by atoms with Crippen molar-refractivity contribution >= 4 is 17.3 Å². The lowest BCUT2D eigenvalue weighted by atomic mass is 10.1. The Morgan fingerprint density at radius 1 is 1.04 bits per heavy atom. The Bertz CT molecular complexity index is 971. The number of nitro groups is 1. The lowest BCUT2D eigenvalue weighted by molar-refractivity contribution is -0.384. The van der Waals surface area contributed by atoms with E-state index in [9.17, 15) is 14.9 Å². The van der Waals surface area contributed by atoms with Gasteiger partial charge in [0.15, 0.2) is 6.61 Å². The van der Waals surface area contributed by atoms with Crippen LogP contribution in [0.4, 0.5) is 11.4 Å². The summed E-state index contributed by atoms with van der Waals surface area (Å²) in [6, 6.07) is 21.6. The fraction of sp³-hybridized carbons (Fsp3) is 0.0952. The van der Waals surface area contributed by atoms with Crippen molar-refractivity contribution in [3.63, 3.8) is 0 Å². The minimum absolute atomic E-state index is 0.0152. The van der Waals surface area contributed by atoms with E-state index >= 15 is 0 Å².